The van der Waals surface area contributed by atoms with Crippen molar-refractivity contribution in [3.8, 4) is 5.69 Å². The van der Waals surface area contributed by atoms with Crippen molar-refractivity contribution in [3.63, 3.8) is 0 Å². The number of hydrogen-bond donors (Lipinski definition) is 0. The second-order valence-electron chi connectivity index (χ2n) is 5.05. The Labute approximate surface area is 146 Å². The number of nitrogens with zero attached hydrogens (tertiary/aromatic N) is 3. The summed E-state index contributed by atoms with van der Waals surface area (Å²) in [5.74, 6) is -1.50. The highest BCUT2D eigenvalue weighted by Gasteiger charge is 2.31. The van der Waals surface area contributed by atoms with Crippen molar-refractivity contribution >= 4 is 11.9 Å². The predicted octanol–water partition coefficient (Wildman–Crippen LogP) is 2.57. The highest BCUT2D eigenvalue weighted by Crippen LogP contribution is 2.30. The molecule has 0 radical (unpaired) electrons. The van der Waals surface area contributed by atoms with Crippen LogP contribution in [0.25, 0.3) is 5.69 Å². The number of carbonyl (C=O) groups excluding carboxylic acids is 2. The van der Waals surface area contributed by atoms with Crippen LogP contribution in [0.1, 0.15) is 35.6 Å². The van der Waals surface area contributed by atoms with Crippen LogP contribution in [0, 0.1) is 0 Å². The SMILES string of the molecule is CCOC(=O)Cc1c(C(=O)OCC)nnn1-c1cccc(C(F)(F)F)c1. The van der Waals surface area contributed by atoms with E-state index in [4.69, 9.17) is 9.47 Å². The van der Waals surface area contributed by atoms with Gasteiger partial charge in [0.1, 0.15) is 0 Å². The van der Waals surface area contributed by atoms with Crippen LogP contribution in [0.5, 0.6) is 0 Å². The zero-order valence-electron chi connectivity index (χ0n) is 14.0. The van der Waals surface area contributed by atoms with Gasteiger partial charge in [0.2, 0.25) is 0 Å². The van der Waals surface area contributed by atoms with Crippen molar-refractivity contribution in [1.29, 1.82) is 0 Å². The van der Waals surface area contributed by atoms with Gasteiger partial charge in [-0.05, 0) is 32.0 Å². The maximum atomic E-state index is 12.9. The number of esters is 2. The van der Waals surface area contributed by atoms with E-state index in [2.05, 4.69) is 10.3 Å². The van der Waals surface area contributed by atoms with E-state index in [1.807, 2.05) is 0 Å². The summed E-state index contributed by atoms with van der Waals surface area (Å²) in [6.07, 6.45) is -4.95. The number of aromatic nitrogens is 3. The van der Waals surface area contributed by atoms with Gasteiger partial charge in [0.15, 0.2) is 5.69 Å². The van der Waals surface area contributed by atoms with Crippen molar-refractivity contribution in [2.45, 2.75) is 26.4 Å². The molecule has 0 spiro atoms. The lowest BCUT2D eigenvalue weighted by Gasteiger charge is -2.11. The number of ether oxygens (including phenoxy) is 2. The van der Waals surface area contributed by atoms with E-state index in [0.717, 1.165) is 16.8 Å². The van der Waals surface area contributed by atoms with Crippen molar-refractivity contribution in [3.05, 3.63) is 41.2 Å². The molecule has 0 atom stereocenters. The van der Waals surface area contributed by atoms with Gasteiger partial charge < -0.3 is 9.47 Å². The van der Waals surface area contributed by atoms with Crippen LogP contribution in [0.2, 0.25) is 0 Å². The Kier molecular flexibility index (Phi) is 5.96. The average Bonchev–Trinajstić information content (AvgIpc) is 2.98. The number of halogens is 3. The fraction of sp³-hybridized carbons (Fsp3) is 0.375. The van der Waals surface area contributed by atoms with Crippen molar-refractivity contribution in [2.75, 3.05) is 13.2 Å². The smallest absolute Gasteiger partial charge is 0.416 e. The minimum absolute atomic E-state index is 0.00201. The number of carbonyl (C=O) groups is 2. The summed E-state index contributed by atoms with van der Waals surface area (Å²) in [5, 5.41) is 7.38. The Balaban J connectivity index is 2.51. The molecule has 0 unspecified atom stereocenters. The summed E-state index contributed by atoms with van der Waals surface area (Å²) in [5.41, 5.74) is -1.16. The summed E-state index contributed by atoms with van der Waals surface area (Å²) in [6, 6.07) is 4.29. The highest BCUT2D eigenvalue weighted by atomic mass is 19.4. The van der Waals surface area contributed by atoms with Gasteiger partial charge in [-0.3, -0.25) is 4.79 Å². The van der Waals surface area contributed by atoms with Crippen molar-refractivity contribution in [2.24, 2.45) is 0 Å². The van der Waals surface area contributed by atoms with Crippen LogP contribution in [-0.2, 0) is 26.9 Å². The molecule has 140 valence electrons. The van der Waals surface area contributed by atoms with Gasteiger partial charge in [0, 0.05) is 0 Å². The number of hydrogen-bond acceptors (Lipinski definition) is 6. The third-order valence-electron chi connectivity index (χ3n) is 3.27. The van der Waals surface area contributed by atoms with Crippen LogP contribution in [0.15, 0.2) is 24.3 Å². The maximum absolute atomic E-state index is 12.9. The molecule has 2 aromatic rings. The quantitative estimate of drug-likeness (QED) is 0.726. The van der Waals surface area contributed by atoms with Gasteiger partial charge in [0.25, 0.3) is 0 Å². The summed E-state index contributed by atoms with van der Waals surface area (Å²) in [4.78, 5) is 23.8. The number of rotatable bonds is 6. The first-order valence-corrected chi connectivity index (χ1v) is 7.72. The monoisotopic (exact) mass is 371 g/mol. The predicted molar refractivity (Wildman–Crippen MR) is 82.7 cm³/mol. The third kappa shape index (κ3) is 4.38. The van der Waals surface area contributed by atoms with Gasteiger partial charge in [-0.1, -0.05) is 11.3 Å². The average molecular weight is 371 g/mol. The van der Waals surface area contributed by atoms with Gasteiger partial charge in [-0.15, -0.1) is 5.10 Å². The van der Waals surface area contributed by atoms with Crippen molar-refractivity contribution in [1.82, 2.24) is 15.0 Å². The molecule has 1 aromatic carbocycles. The van der Waals surface area contributed by atoms with Crippen LogP contribution >= 0.6 is 0 Å². The highest BCUT2D eigenvalue weighted by molar-refractivity contribution is 5.90. The van der Waals surface area contributed by atoms with E-state index in [1.165, 1.54) is 12.1 Å². The molecule has 1 aromatic heterocycles. The summed E-state index contributed by atoms with van der Waals surface area (Å²) in [6.45, 7) is 3.36. The molecule has 0 bridgehead atoms. The number of alkyl halides is 3. The molecule has 2 rings (SSSR count). The molecule has 0 aliphatic rings. The van der Waals surface area contributed by atoms with Crippen LogP contribution in [-0.4, -0.2) is 40.1 Å². The first kappa shape index (κ1) is 19.4. The molecule has 0 N–H and O–H groups in total. The lowest BCUT2D eigenvalue weighted by atomic mass is 10.1. The van der Waals surface area contributed by atoms with Crippen molar-refractivity contribution < 1.29 is 32.2 Å². The summed E-state index contributed by atoms with van der Waals surface area (Å²) in [7, 11) is 0. The summed E-state index contributed by atoms with van der Waals surface area (Å²) >= 11 is 0. The molecule has 7 nitrogen and oxygen atoms in total. The minimum atomic E-state index is -4.55. The zero-order valence-corrected chi connectivity index (χ0v) is 14.0. The topological polar surface area (TPSA) is 83.3 Å². The van der Waals surface area contributed by atoms with E-state index in [-0.39, 0.29) is 30.3 Å². The standard InChI is InChI=1S/C16H16F3N3O4/c1-3-25-13(23)9-12-14(15(24)26-4-2)20-21-22(12)11-7-5-6-10(8-11)16(17,18)19/h5-8H,3-4,9H2,1-2H3. The van der Waals surface area contributed by atoms with Gasteiger partial charge in [-0.2, -0.15) is 13.2 Å². The molecule has 10 heteroatoms. The normalized spacial score (nSPS) is 11.3. The lowest BCUT2D eigenvalue weighted by Crippen LogP contribution is -2.16. The molecule has 0 fully saturated rings. The van der Waals surface area contributed by atoms with E-state index < -0.39 is 30.1 Å². The molecule has 0 aliphatic heterocycles. The Bertz CT molecular complexity index is 802. The molecule has 0 aliphatic carbocycles. The largest absolute Gasteiger partial charge is 0.466 e. The molecular weight excluding hydrogens is 355 g/mol. The van der Waals surface area contributed by atoms with E-state index in [1.54, 1.807) is 13.8 Å². The van der Waals surface area contributed by atoms with Gasteiger partial charge in [0.05, 0.1) is 36.6 Å². The Morgan fingerprint density at radius 1 is 1.15 bits per heavy atom. The Morgan fingerprint density at radius 3 is 2.46 bits per heavy atom. The van der Waals surface area contributed by atoms with Crippen LogP contribution < -0.4 is 0 Å². The molecule has 0 saturated carbocycles. The third-order valence-corrected chi connectivity index (χ3v) is 3.27. The van der Waals surface area contributed by atoms with Gasteiger partial charge >= 0.3 is 18.1 Å². The fourth-order valence-corrected chi connectivity index (χ4v) is 2.19. The Morgan fingerprint density at radius 2 is 1.85 bits per heavy atom. The number of benzene rings is 1. The molecule has 1 heterocycles. The van der Waals surface area contributed by atoms with Gasteiger partial charge in [-0.25, -0.2) is 9.48 Å². The van der Waals surface area contributed by atoms with Crippen LogP contribution in [0.3, 0.4) is 0 Å². The summed E-state index contributed by atoms with van der Waals surface area (Å²) < 4.78 is 49.5. The van der Waals surface area contributed by atoms with E-state index in [0.29, 0.717) is 0 Å². The van der Waals surface area contributed by atoms with E-state index in [9.17, 15) is 22.8 Å². The molecule has 26 heavy (non-hydrogen) atoms. The molecule has 0 amide bonds. The second-order valence-corrected chi connectivity index (χ2v) is 5.05. The first-order valence-electron chi connectivity index (χ1n) is 7.72. The first-order chi connectivity index (χ1) is 12.3. The van der Waals surface area contributed by atoms with E-state index >= 15 is 0 Å². The Hall–Kier alpha value is -2.91. The lowest BCUT2D eigenvalue weighted by molar-refractivity contribution is -0.142. The maximum Gasteiger partial charge on any atom is 0.416 e. The van der Waals surface area contributed by atoms with Crippen LogP contribution in [0.4, 0.5) is 13.2 Å². The second kappa shape index (κ2) is 7.98. The minimum Gasteiger partial charge on any atom is -0.466 e. The fourth-order valence-electron chi connectivity index (χ4n) is 2.19. The molecular formula is C16H16F3N3O4. The molecule has 0 saturated heterocycles. The zero-order chi connectivity index (χ0) is 19.3.